The first-order chi connectivity index (χ1) is 13.3. The lowest BCUT2D eigenvalue weighted by Crippen LogP contribution is -2.48. The Kier molecular flexibility index (Phi) is 4.84. The van der Waals surface area contributed by atoms with E-state index in [1.807, 2.05) is 0 Å². The van der Waals surface area contributed by atoms with Crippen LogP contribution in [0.15, 0.2) is 10.6 Å². The number of anilines is 1. The van der Waals surface area contributed by atoms with E-state index in [1.54, 1.807) is 31.7 Å². The molecule has 0 unspecified atom stereocenters. The van der Waals surface area contributed by atoms with Crippen molar-refractivity contribution >= 4 is 11.7 Å². The first kappa shape index (κ1) is 18.9. The van der Waals surface area contributed by atoms with Gasteiger partial charge >= 0.3 is 0 Å². The molecule has 2 aromatic heterocycles. The largest absolute Gasteiger partial charge is 0.367 e. The van der Waals surface area contributed by atoms with Crippen LogP contribution >= 0.6 is 0 Å². The van der Waals surface area contributed by atoms with Gasteiger partial charge in [-0.05, 0) is 46.0 Å². The van der Waals surface area contributed by atoms with E-state index < -0.39 is 12.5 Å². The number of rotatable bonds is 3. The third-order valence-corrected chi connectivity index (χ3v) is 5.85. The minimum atomic E-state index is -2.48. The van der Waals surface area contributed by atoms with Gasteiger partial charge in [-0.15, -0.1) is 0 Å². The highest BCUT2D eigenvalue weighted by atomic mass is 19.3. The molecule has 4 rings (SSSR count). The lowest BCUT2D eigenvalue weighted by atomic mass is 9.85. The van der Waals surface area contributed by atoms with Gasteiger partial charge in [0.1, 0.15) is 23.2 Å². The molecule has 1 fully saturated rings. The molecular formula is C19H25F2N5O2. The highest BCUT2D eigenvalue weighted by Gasteiger charge is 2.39. The van der Waals surface area contributed by atoms with Gasteiger partial charge in [0.2, 0.25) is 0 Å². The van der Waals surface area contributed by atoms with Crippen molar-refractivity contribution in [3.8, 4) is 0 Å². The molecule has 0 aliphatic carbocycles. The van der Waals surface area contributed by atoms with Crippen molar-refractivity contribution in [1.29, 1.82) is 0 Å². The molecule has 0 bridgehead atoms. The standard InChI is InChI=1S/C19H25F2N5O2/c1-10-7-16-22-14(8-15(18(20)21)26(16)23-10)13-5-4-6-25(9-13)19(27)17-11(2)24-28-12(17)3/h7,13-15,18,22H,4-6,8-9H2,1-3H3/t13-,14-,15+/m0/s1. The fourth-order valence-corrected chi connectivity index (χ4v) is 4.48. The number of nitrogens with zero attached hydrogens (tertiary/aromatic N) is 4. The predicted molar refractivity (Wildman–Crippen MR) is 98.6 cm³/mol. The summed E-state index contributed by atoms with van der Waals surface area (Å²) in [7, 11) is 0. The molecule has 2 aliphatic heterocycles. The SMILES string of the molecule is Cc1cc2n(n1)[C@@H](C(F)F)C[C@@H]([C@H]1CCCN(C(=O)c3c(C)noc3C)C1)N2. The molecule has 2 aromatic rings. The van der Waals surface area contributed by atoms with Crippen LogP contribution in [0.1, 0.15) is 52.8 Å². The number of halogens is 2. The smallest absolute Gasteiger partial charge is 0.260 e. The molecule has 0 aromatic carbocycles. The molecule has 0 saturated carbocycles. The number of carbonyl (C=O) groups excluding carboxylic acids is 1. The molecule has 0 radical (unpaired) electrons. The molecular weight excluding hydrogens is 368 g/mol. The predicted octanol–water partition coefficient (Wildman–Crippen LogP) is 3.34. The van der Waals surface area contributed by atoms with Crippen molar-refractivity contribution in [3.05, 3.63) is 28.8 Å². The number of fused-ring (bicyclic) bond motifs is 1. The minimum Gasteiger partial charge on any atom is -0.367 e. The molecule has 9 heteroatoms. The fourth-order valence-electron chi connectivity index (χ4n) is 4.48. The van der Waals surface area contributed by atoms with E-state index in [9.17, 15) is 13.6 Å². The van der Waals surface area contributed by atoms with Gasteiger partial charge < -0.3 is 14.7 Å². The summed E-state index contributed by atoms with van der Waals surface area (Å²) in [6.45, 7) is 6.47. The molecule has 1 N–H and O–H groups in total. The van der Waals surface area contributed by atoms with Gasteiger partial charge in [0.15, 0.2) is 0 Å². The van der Waals surface area contributed by atoms with Crippen LogP contribution in [0.25, 0.3) is 0 Å². The average molecular weight is 393 g/mol. The number of piperidine rings is 1. The normalized spacial score (nSPS) is 24.9. The van der Waals surface area contributed by atoms with Crippen LogP contribution in [0.3, 0.4) is 0 Å². The second kappa shape index (κ2) is 7.18. The zero-order valence-electron chi connectivity index (χ0n) is 16.3. The summed E-state index contributed by atoms with van der Waals surface area (Å²) in [4.78, 5) is 14.8. The lowest BCUT2D eigenvalue weighted by molar-refractivity contribution is 0.0504. The Morgan fingerprint density at radius 3 is 2.82 bits per heavy atom. The van der Waals surface area contributed by atoms with Gasteiger partial charge in [-0.1, -0.05) is 5.16 Å². The van der Waals surface area contributed by atoms with Crippen LogP contribution in [0.5, 0.6) is 0 Å². The molecule has 2 aliphatic rings. The summed E-state index contributed by atoms with van der Waals surface area (Å²) in [6, 6.07) is 0.739. The quantitative estimate of drug-likeness (QED) is 0.866. The van der Waals surface area contributed by atoms with Crippen LogP contribution < -0.4 is 5.32 Å². The molecule has 28 heavy (non-hydrogen) atoms. The Bertz CT molecular complexity index is 858. The van der Waals surface area contributed by atoms with E-state index in [4.69, 9.17) is 4.52 Å². The fraction of sp³-hybridized carbons (Fsp3) is 0.632. The molecule has 1 saturated heterocycles. The van der Waals surface area contributed by atoms with Crippen molar-refractivity contribution in [2.45, 2.75) is 58.5 Å². The van der Waals surface area contributed by atoms with Crippen LogP contribution in [0.2, 0.25) is 0 Å². The number of nitrogens with one attached hydrogen (secondary N) is 1. The number of hydrogen-bond acceptors (Lipinski definition) is 5. The number of likely N-dealkylation sites (tertiary alicyclic amines) is 1. The number of aryl methyl sites for hydroxylation is 3. The Balaban J connectivity index is 1.53. The summed E-state index contributed by atoms with van der Waals surface area (Å²) in [5.41, 5.74) is 1.81. The van der Waals surface area contributed by atoms with E-state index in [-0.39, 0.29) is 17.9 Å². The van der Waals surface area contributed by atoms with Crippen molar-refractivity contribution < 1.29 is 18.1 Å². The van der Waals surface area contributed by atoms with Gasteiger partial charge in [-0.25, -0.2) is 13.5 Å². The number of amides is 1. The molecule has 0 spiro atoms. The summed E-state index contributed by atoms with van der Waals surface area (Å²) in [5, 5.41) is 11.5. The number of carbonyl (C=O) groups is 1. The summed E-state index contributed by atoms with van der Waals surface area (Å²) in [5.74, 6) is 1.15. The minimum absolute atomic E-state index is 0.0944. The third kappa shape index (κ3) is 3.27. The lowest BCUT2D eigenvalue weighted by Gasteiger charge is -2.41. The van der Waals surface area contributed by atoms with E-state index in [2.05, 4.69) is 15.6 Å². The Morgan fingerprint density at radius 2 is 2.14 bits per heavy atom. The maximum Gasteiger partial charge on any atom is 0.260 e. The molecule has 3 atom stereocenters. The van der Waals surface area contributed by atoms with Gasteiger partial charge in [-0.3, -0.25) is 4.79 Å². The van der Waals surface area contributed by atoms with Crippen LogP contribution in [0, 0.1) is 26.7 Å². The van der Waals surface area contributed by atoms with Gasteiger partial charge in [0.25, 0.3) is 12.3 Å². The number of alkyl halides is 2. The second-order valence-corrected chi connectivity index (χ2v) is 7.86. The number of hydrogen-bond donors (Lipinski definition) is 1. The molecule has 7 nitrogen and oxygen atoms in total. The second-order valence-electron chi connectivity index (χ2n) is 7.86. The zero-order valence-corrected chi connectivity index (χ0v) is 16.3. The summed E-state index contributed by atoms with van der Waals surface area (Å²) < 4.78 is 33.9. The maximum atomic E-state index is 13.7. The molecule has 4 heterocycles. The van der Waals surface area contributed by atoms with Gasteiger partial charge in [0.05, 0.1) is 11.4 Å². The summed E-state index contributed by atoms with van der Waals surface area (Å²) in [6.07, 6.45) is -0.447. The molecule has 1 amide bonds. The first-order valence-corrected chi connectivity index (χ1v) is 9.68. The van der Waals surface area contributed by atoms with Crippen LogP contribution in [-0.4, -0.2) is 51.3 Å². The van der Waals surface area contributed by atoms with E-state index >= 15 is 0 Å². The van der Waals surface area contributed by atoms with Gasteiger partial charge in [0, 0.05) is 25.2 Å². The Hall–Kier alpha value is -2.45. The van der Waals surface area contributed by atoms with E-state index in [0.29, 0.717) is 48.0 Å². The maximum absolute atomic E-state index is 13.7. The average Bonchev–Trinajstić information content (AvgIpc) is 3.21. The highest BCUT2D eigenvalue weighted by molar-refractivity contribution is 5.96. The Labute approximate surface area is 162 Å². The zero-order chi connectivity index (χ0) is 20.0. The highest BCUT2D eigenvalue weighted by Crippen LogP contribution is 2.36. The first-order valence-electron chi connectivity index (χ1n) is 9.68. The molecule has 152 valence electrons. The summed E-state index contributed by atoms with van der Waals surface area (Å²) >= 11 is 0. The monoisotopic (exact) mass is 393 g/mol. The van der Waals surface area contributed by atoms with E-state index in [0.717, 1.165) is 12.8 Å². The van der Waals surface area contributed by atoms with E-state index in [1.165, 1.54) is 4.68 Å². The Morgan fingerprint density at radius 1 is 1.36 bits per heavy atom. The van der Waals surface area contributed by atoms with Gasteiger partial charge in [-0.2, -0.15) is 5.10 Å². The van der Waals surface area contributed by atoms with Crippen LogP contribution in [-0.2, 0) is 0 Å². The topological polar surface area (TPSA) is 76.2 Å². The van der Waals surface area contributed by atoms with Crippen molar-refractivity contribution in [2.24, 2.45) is 5.92 Å². The third-order valence-electron chi connectivity index (χ3n) is 5.85. The van der Waals surface area contributed by atoms with Crippen molar-refractivity contribution in [3.63, 3.8) is 0 Å². The number of aromatic nitrogens is 3. The van der Waals surface area contributed by atoms with Crippen molar-refractivity contribution in [2.75, 3.05) is 18.4 Å². The van der Waals surface area contributed by atoms with Crippen molar-refractivity contribution in [1.82, 2.24) is 19.8 Å². The van der Waals surface area contributed by atoms with Crippen LogP contribution in [0.4, 0.5) is 14.6 Å².